The minimum Gasteiger partial charge on any atom is -0.494 e. The minimum absolute atomic E-state index is 0.00882. The van der Waals surface area contributed by atoms with Crippen LogP contribution in [0.4, 0.5) is 5.69 Å². The van der Waals surface area contributed by atoms with Crippen molar-refractivity contribution in [1.29, 1.82) is 0 Å². The lowest BCUT2D eigenvalue weighted by Gasteiger charge is -2.10. The van der Waals surface area contributed by atoms with Gasteiger partial charge in [-0.1, -0.05) is 0 Å². The van der Waals surface area contributed by atoms with Gasteiger partial charge in [0.15, 0.2) is 18.1 Å². The molecule has 0 heterocycles. The summed E-state index contributed by atoms with van der Waals surface area (Å²) in [6, 6.07) is 11.9. The van der Waals surface area contributed by atoms with Gasteiger partial charge in [0.1, 0.15) is 5.75 Å². The Bertz CT molecular complexity index is 991. The molecular formula is C24H29N3O7. The summed E-state index contributed by atoms with van der Waals surface area (Å²) >= 11 is 0. The Morgan fingerprint density at radius 3 is 2.32 bits per heavy atom. The lowest BCUT2D eigenvalue weighted by atomic mass is 10.2. The average Bonchev–Trinajstić information content (AvgIpc) is 2.83. The maximum absolute atomic E-state index is 12.0. The van der Waals surface area contributed by atoms with Gasteiger partial charge in [-0.2, -0.15) is 5.10 Å². The van der Waals surface area contributed by atoms with E-state index in [-0.39, 0.29) is 32.0 Å². The van der Waals surface area contributed by atoms with Crippen molar-refractivity contribution in [3.05, 3.63) is 48.0 Å². The molecule has 2 amide bonds. The summed E-state index contributed by atoms with van der Waals surface area (Å²) in [6.45, 7) is 4.20. The topological polar surface area (TPSA) is 125 Å². The van der Waals surface area contributed by atoms with E-state index < -0.39 is 11.9 Å². The van der Waals surface area contributed by atoms with Crippen molar-refractivity contribution in [2.75, 3.05) is 32.2 Å². The highest BCUT2D eigenvalue weighted by molar-refractivity contribution is 5.93. The highest BCUT2D eigenvalue weighted by Gasteiger charge is 2.10. The van der Waals surface area contributed by atoms with Gasteiger partial charge < -0.3 is 24.3 Å². The molecule has 0 aromatic heterocycles. The maximum Gasteiger partial charge on any atom is 0.344 e. The van der Waals surface area contributed by atoms with Crippen LogP contribution in [0.25, 0.3) is 0 Å². The molecule has 0 aliphatic heterocycles. The van der Waals surface area contributed by atoms with Crippen LogP contribution in [0, 0.1) is 0 Å². The molecule has 10 heteroatoms. The molecule has 0 radical (unpaired) electrons. The Balaban J connectivity index is 1.78. The van der Waals surface area contributed by atoms with Crippen molar-refractivity contribution in [3.8, 4) is 17.2 Å². The second kappa shape index (κ2) is 14.1. The number of hydrazone groups is 1. The molecule has 0 fully saturated rings. The maximum atomic E-state index is 12.0. The standard InChI is InChI=1S/C24H29N3O7/c1-4-32-19-9-7-18(8-10-19)26-22(28)12-13-23(29)27-25-15-17-6-11-20(21(14-17)31-3)34-16-24(30)33-5-2/h6-11,14-15H,4-5,12-13,16H2,1-3H3,(H,26,28)(H,27,29). The Labute approximate surface area is 198 Å². The smallest absolute Gasteiger partial charge is 0.344 e. The Morgan fingerprint density at radius 2 is 1.65 bits per heavy atom. The quantitative estimate of drug-likeness (QED) is 0.261. The van der Waals surface area contributed by atoms with Crippen LogP contribution in [0.3, 0.4) is 0 Å². The van der Waals surface area contributed by atoms with E-state index in [0.29, 0.717) is 35.1 Å². The molecule has 0 unspecified atom stereocenters. The molecule has 2 N–H and O–H groups in total. The van der Waals surface area contributed by atoms with Gasteiger partial charge in [-0.05, 0) is 61.9 Å². The first-order valence-corrected chi connectivity index (χ1v) is 10.8. The van der Waals surface area contributed by atoms with E-state index in [9.17, 15) is 14.4 Å². The van der Waals surface area contributed by atoms with Crippen LogP contribution in [0.1, 0.15) is 32.3 Å². The van der Waals surface area contributed by atoms with Crippen LogP contribution >= 0.6 is 0 Å². The Hall–Kier alpha value is -4.08. The molecule has 0 saturated heterocycles. The molecule has 0 spiro atoms. The monoisotopic (exact) mass is 471 g/mol. The minimum atomic E-state index is -0.480. The molecule has 2 rings (SSSR count). The second-order valence-electron chi connectivity index (χ2n) is 6.80. The fraction of sp³-hybridized carbons (Fsp3) is 0.333. The largest absolute Gasteiger partial charge is 0.494 e. The van der Waals surface area contributed by atoms with Gasteiger partial charge in [0, 0.05) is 18.5 Å². The predicted molar refractivity (Wildman–Crippen MR) is 126 cm³/mol. The van der Waals surface area contributed by atoms with Crippen LogP contribution in [-0.4, -0.2) is 50.9 Å². The number of nitrogens with zero attached hydrogens (tertiary/aromatic N) is 1. The van der Waals surface area contributed by atoms with Gasteiger partial charge in [0.2, 0.25) is 11.8 Å². The zero-order valence-corrected chi connectivity index (χ0v) is 19.5. The third-order valence-electron chi connectivity index (χ3n) is 4.27. The number of hydrogen-bond acceptors (Lipinski definition) is 8. The Kier molecular flexibility index (Phi) is 10.9. The first-order chi connectivity index (χ1) is 16.4. The third-order valence-corrected chi connectivity index (χ3v) is 4.27. The zero-order chi connectivity index (χ0) is 24.8. The van der Waals surface area contributed by atoms with Crippen LogP contribution in [-0.2, 0) is 19.1 Å². The number of anilines is 1. The van der Waals surface area contributed by atoms with E-state index in [1.165, 1.54) is 13.3 Å². The summed E-state index contributed by atoms with van der Waals surface area (Å²) in [5.74, 6) is 0.312. The number of hydrogen-bond donors (Lipinski definition) is 2. The molecule has 0 bridgehead atoms. The molecule has 10 nitrogen and oxygen atoms in total. The van der Waals surface area contributed by atoms with Crippen molar-refractivity contribution in [3.63, 3.8) is 0 Å². The molecule has 0 saturated carbocycles. The lowest BCUT2D eigenvalue weighted by molar-refractivity contribution is -0.145. The van der Waals surface area contributed by atoms with Crippen LogP contribution in [0.15, 0.2) is 47.6 Å². The lowest BCUT2D eigenvalue weighted by Crippen LogP contribution is -2.20. The SMILES string of the molecule is CCOC(=O)COc1ccc(C=NNC(=O)CCC(=O)Nc2ccc(OCC)cc2)cc1OC. The second-order valence-corrected chi connectivity index (χ2v) is 6.80. The van der Waals surface area contributed by atoms with Crippen molar-refractivity contribution in [2.24, 2.45) is 5.10 Å². The van der Waals surface area contributed by atoms with Gasteiger partial charge in [-0.25, -0.2) is 10.2 Å². The summed E-state index contributed by atoms with van der Waals surface area (Å²) in [7, 11) is 1.47. The number of amides is 2. The van der Waals surface area contributed by atoms with E-state index in [4.69, 9.17) is 18.9 Å². The highest BCUT2D eigenvalue weighted by atomic mass is 16.6. The van der Waals surface area contributed by atoms with Gasteiger partial charge >= 0.3 is 5.97 Å². The zero-order valence-electron chi connectivity index (χ0n) is 19.5. The number of carbonyl (C=O) groups excluding carboxylic acids is 3. The van der Waals surface area contributed by atoms with Crippen molar-refractivity contribution >= 4 is 29.7 Å². The molecule has 2 aromatic rings. The van der Waals surface area contributed by atoms with Gasteiger partial charge in [-0.15, -0.1) is 0 Å². The molecule has 0 atom stereocenters. The van der Waals surface area contributed by atoms with Crippen LogP contribution in [0.5, 0.6) is 17.2 Å². The van der Waals surface area contributed by atoms with Crippen LogP contribution in [0.2, 0.25) is 0 Å². The molecule has 0 aliphatic carbocycles. The summed E-state index contributed by atoms with van der Waals surface area (Å²) in [4.78, 5) is 35.4. The van der Waals surface area contributed by atoms with E-state index >= 15 is 0 Å². The predicted octanol–water partition coefficient (Wildman–Crippen LogP) is 2.90. The molecule has 0 aliphatic rings. The van der Waals surface area contributed by atoms with E-state index in [2.05, 4.69) is 15.8 Å². The average molecular weight is 472 g/mol. The summed E-state index contributed by atoms with van der Waals surface area (Å²) in [6.07, 6.45) is 1.41. The third kappa shape index (κ3) is 9.19. The number of methoxy groups -OCH3 is 1. The molecule has 182 valence electrons. The van der Waals surface area contributed by atoms with E-state index in [1.807, 2.05) is 6.92 Å². The summed E-state index contributed by atoms with van der Waals surface area (Å²) in [5, 5.41) is 6.62. The fourth-order valence-electron chi connectivity index (χ4n) is 2.71. The first-order valence-electron chi connectivity index (χ1n) is 10.8. The molecule has 34 heavy (non-hydrogen) atoms. The van der Waals surface area contributed by atoms with Gasteiger partial charge in [0.05, 0.1) is 26.5 Å². The number of benzene rings is 2. The highest BCUT2D eigenvalue weighted by Crippen LogP contribution is 2.27. The number of carbonyl (C=O) groups is 3. The van der Waals surface area contributed by atoms with E-state index in [1.54, 1.807) is 49.4 Å². The van der Waals surface area contributed by atoms with Gasteiger partial charge in [0.25, 0.3) is 0 Å². The first kappa shape index (κ1) is 26.2. The summed E-state index contributed by atoms with van der Waals surface area (Å²) < 4.78 is 20.8. The fourth-order valence-corrected chi connectivity index (χ4v) is 2.71. The van der Waals surface area contributed by atoms with Crippen molar-refractivity contribution < 1.29 is 33.3 Å². The number of ether oxygens (including phenoxy) is 4. The van der Waals surface area contributed by atoms with Crippen LogP contribution < -0.4 is 25.0 Å². The normalized spacial score (nSPS) is 10.4. The van der Waals surface area contributed by atoms with E-state index in [0.717, 1.165) is 0 Å². The number of nitrogens with one attached hydrogen (secondary N) is 2. The molecular weight excluding hydrogens is 442 g/mol. The molecule has 2 aromatic carbocycles. The summed E-state index contributed by atoms with van der Waals surface area (Å²) in [5.41, 5.74) is 3.63. The number of rotatable bonds is 13. The van der Waals surface area contributed by atoms with Crippen molar-refractivity contribution in [2.45, 2.75) is 26.7 Å². The Morgan fingerprint density at radius 1 is 0.912 bits per heavy atom. The van der Waals surface area contributed by atoms with Gasteiger partial charge in [-0.3, -0.25) is 9.59 Å². The number of esters is 1. The van der Waals surface area contributed by atoms with Crippen molar-refractivity contribution in [1.82, 2.24) is 5.43 Å².